The van der Waals surface area contributed by atoms with Gasteiger partial charge in [-0.05, 0) is 109 Å². The van der Waals surface area contributed by atoms with E-state index in [1.54, 1.807) is 0 Å². The number of halogens is 1. The Morgan fingerprint density at radius 1 is 1.05 bits per heavy atom. The number of carbonyl (C=O) groups is 1. The van der Waals surface area contributed by atoms with Crippen LogP contribution in [-0.2, 0) is 23.2 Å². The van der Waals surface area contributed by atoms with Crippen LogP contribution in [0.1, 0.15) is 92.7 Å². The van der Waals surface area contributed by atoms with E-state index in [1.165, 1.54) is 29.3 Å². The van der Waals surface area contributed by atoms with Crippen LogP contribution in [0.5, 0.6) is 5.75 Å². The third-order valence-corrected chi connectivity index (χ3v) is 9.97. The molecule has 0 unspecified atom stereocenters. The van der Waals surface area contributed by atoms with Gasteiger partial charge >= 0.3 is 5.97 Å². The van der Waals surface area contributed by atoms with E-state index in [9.17, 15) is 14.3 Å². The summed E-state index contributed by atoms with van der Waals surface area (Å²) in [6.07, 6.45) is 9.41. The van der Waals surface area contributed by atoms with Gasteiger partial charge in [0.25, 0.3) is 0 Å². The van der Waals surface area contributed by atoms with Crippen LogP contribution in [0.4, 0.5) is 4.39 Å². The van der Waals surface area contributed by atoms with Crippen LogP contribution in [0.25, 0.3) is 11.1 Å². The van der Waals surface area contributed by atoms with Crippen molar-refractivity contribution in [1.82, 2.24) is 4.98 Å². The summed E-state index contributed by atoms with van der Waals surface area (Å²) in [5, 5.41) is 9.83. The van der Waals surface area contributed by atoms with Gasteiger partial charge in [-0.15, -0.1) is 0 Å². The average molecular weight is 528 g/mol. The molecule has 1 heterocycles. The summed E-state index contributed by atoms with van der Waals surface area (Å²) in [5.74, 6) is -0.137. The van der Waals surface area contributed by atoms with Crippen LogP contribution in [0.15, 0.2) is 48.7 Å². The van der Waals surface area contributed by atoms with E-state index in [-0.39, 0.29) is 22.6 Å². The van der Waals surface area contributed by atoms with Crippen LogP contribution in [0, 0.1) is 24.1 Å². The maximum Gasteiger partial charge on any atom is 0.307 e. The van der Waals surface area contributed by atoms with E-state index >= 15 is 0 Å². The second-order valence-corrected chi connectivity index (χ2v) is 12.7. The molecule has 0 saturated heterocycles. The molecule has 2 saturated carbocycles. The van der Waals surface area contributed by atoms with Gasteiger partial charge in [0.15, 0.2) is 0 Å². The molecule has 0 amide bonds. The number of hydrogen-bond acceptors (Lipinski definition) is 3. The van der Waals surface area contributed by atoms with Crippen LogP contribution in [-0.4, -0.2) is 16.1 Å². The van der Waals surface area contributed by atoms with Gasteiger partial charge in [-0.3, -0.25) is 9.78 Å². The number of nitrogens with zero attached hydrogens (tertiary/aromatic N) is 1. The lowest BCUT2D eigenvalue weighted by atomic mass is 9.52. The highest BCUT2D eigenvalue weighted by Crippen LogP contribution is 2.56. The fraction of sp³-hybridized carbons (Fsp3) is 0.471. The lowest BCUT2D eigenvalue weighted by Crippen LogP contribution is -2.50. The summed E-state index contributed by atoms with van der Waals surface area (Å²) < 4.78 is 21.3. The lowest BCUT2D eigenvalue weighted by molar-refractivity contribution is -0.150. The molecule has 0 radical (unpaired) electrons. The van der Waals surface area contributed by atoms with Crippen LogP contribution in [0.2, 0.25) is 0 Å². The second-order valence-electron chi connectivity index (χ2n) is 12.7. The average Bonchev–Trinajstić information content (AvgIpc) is 3.26. The molecule has 3 aliphatic rings. The summed E-state index contributed by atoms with van der Waals surface area (Å²) in [6, 6.07) is 14.4. The first-order chi connectivity index (χ1) is 18.7. The summed E-state index contributed by atoms with van der Waals surface area (Å²) in [6.45, 7) is 6.95. The molecule has 1 spiro atoms. The van der Waals surface area contributed by atoms with Gasteiger partial charge in [-0.25, -0.2) is 4.39 Å². The number of benzene rings is 2. The monoisotopic (exact) mass is 527 g/mol. The highest BCUT2D eigenvalue weighted by Gasteiger charge is 2.53. The molecular weight excluding hydrogens is 489 g/mol. The molecule has 3 aliphatic carbocycles. The van der Waals surface area contributed by atoms with Crippen molar-refractivity contribution in [2.45, 2.75) is 90.1 Å². The first-order valence-electron chi connectivity index (χ1n) is 14.4. The van der Waals surface area contributed by atoms with Crippen molar-refractivity contribution in [2.75, 3.05) is 0 Å². The fourth-order valence-corrected chi connectivity index (χ4v) is 7.73. The Hall–Kier alpha value is -3.21. The minimum atomic E-state index is -0.677. The Morgan fingerprint density at radius 2 is 1.90 bits per heavy atom. The normalized spacial score (nSPS) is 25.2. The van der Waals surface area contributed by atoms with Gasteiger partial charge in [0.1, 0.15) is 18.2 Å². The predicted octanol–water partition coefficient (Wildman–Crippen LogP) is 8.14. The number of carboxylic acid groups (broad SMARTS) is 1. The van der Waals surface area contributed by atoms with Crippen molar-refractivity contribution in [1.29, 1.82) is 0 Å². The predicted molar refractivity (Wildman–Crippen MR) is 150 cm³/mol. The van der Waals surface area contributed by atoms with Gasteiger partial charge in [-0.2, -0.15) is 0 Å². The number of pyridine rings is 1. The molecule has 1 aromatic heterocycles. The summed E-state index contributed by atoms with van der Waals surface area (Å²) in [7, 11) is 0. The number of hydrogen-bond donors (Lipinski definition) is 1. The van der Waals surface area contributed by atoms with Crippen LogP contribution < -0.4 is 4.74 Å². The topological polar surface area (TPSA) is 59.4 Å². The molecule has 3 atom stereocenters. The molecule has 2 aromatic carbocycles. The summed E-state index contributed by atoms with van der Waals surface area (Å²) in [4.78, 5) is 16.1. The van der Waals surface area contributed by atoms with Crippen LogP contribution >= 0.6 is 0 Å². The first-order valence-corrected chi connectivity index (χ1v) is 14.4. The molecule has 0 aliphatic heterocycles. The van der Waals surface area contributed by atoms with Crippen molar-refractivity contribution in [2.24, 2.45) is 11.3 Å². The Kier molecular flexibility index (Phi) is 6.52. The zero-order chi connectivity index (χ0) is 27.4. The molecule has 0 bridgehead atoms. The molecule has 4 nitrogen and oxygen atoms in total. The maximum atomic E-state index is 15.0. The number of rotatable bonds is 6. The van der Waals surface area contributed by atoms with Crippen molar-refractivity contribution >= 4 is 5.97 Å². The highest BCUT2D eigenvalue weighted by atomic mass is 19.1. The highest BCUT2D eigenvalue weighted by molar-refractivity contribution is 5.75. The van der Waals surface area contributed by atoms with E-state index in [2.05, 4.69) is 37.0 Å². The van der Waals surface area contributed by atoms with Crippen molar-refractivity contribution < 1.29 is 19.0 Å². The van der Waals surface area contributed by atoms with E-state index in [4.69, 9.17) is 4.74 Å². The Labute approximate surface area is 230 Å². The summed E-state index contributed by atoms with van der Waals surface area (Å²) >= 11 is 0. The first kappa shape index (κ1) is 26.0. The van der Waals surface area contributed by atoms with Gasteiger partial charge in [0.2, 0.25) is 0 Å². The quantitative estimate of drug-likeness (QED) is 0.351. The smallest absolute Gasteiger partial charge is 0.307 e. The molecular formula is C34H38FNO3. The third-order valence-electron chi connectivity index (χ3n) is 9.97. The number of carboxylic acids is 1. The Morgan fingerprint density at radius 3 is 2.62 bits per heavy atom. The number of fused-ring (bicyclic) bond motifs is 2. The summed E-state index contributed by atoms with van der Waals surface area (Å²) in [5.41, 5.74) is 6.95. The fourth-order valence-electron chi connectivity index (χ4n) is 7.73. The third kappa shape index (κ3) is 4.54. The van der Waals surface area contributed by atoms with E-state index in [0.717, 1.165) is 67.5 Å². The molecule has 3 aromatic rings. The van der Waals surface area contributed by atoms with Crippen molar-refractivity contribution in [3.05, 3.63) is 82.4 Å². The zero-order valence-corrected chi connectivity index (χ0v) is 23.2. The van der Waals surface area contributed by atoms with Crippen LogP contribution in [0.3, 0.4) is 0 Å². The van der Waals surface area contributed by atoms with Crippen molar-refractivity contribution in [3.8, 4) is 16.9 Å². The lowest BCUT2D eigenvalue weighted by Gasteiger charge is -2.51. The maximum absolute atomic E-state index is 15.0. The molecule has 5 heteroatoms. The van der Waals surface area contributed by atoms with Gasteiger partial charge < -0.3 is 9.84 Å². The van der Waals surface area contributed by atoms with E-state index < -0.39 is 5.97 Å². The van der Waals surface area contributed by atoms with E-state index in [1.807, 2.05) is 31.2 Å². The molecule has 39 heavy (non-hydrogen) atoms. The Balaban J connectivity index is 1.31. The molecule has 204 valence electrons. The molecule has 2 fully saturated rings. The van der Waals surface area contributed by atoms with Crippen molar-refractivity contribution in [3.63, 3.8) is 0 Å². The van der Waals surface area contributed by atoms with Gasteiger partial charge in [0.05, 0.1) is 12.1 Å². The largest absolute Gasteiger partial charge is 0.489 e. The standard InChI is InChI=1S/C34H38FNO3/c1-21-16-27(31(35)19-36-21)25-11-8-22(17-26(25)28-7-5-13-33(28,2)3)20-39-24-10-9-23-6-4-14-34(30(23)18-24)15-12-29(34)32(37)38/h8-11,16-19,28-29H,4-7,12-15,20H2,1-3H3,(H,37,38)/t28-,29-,34-/m0/s1. The van der Waals surface area contributed by atoms with Gasteiger partial charge in [0, 0.05) is 16.7 Å². The van der Waals surface area contributed by atoms with E-state index in [0.29, 0.717) is 18.1 Å². The second kappa shape index (κ2) is 9.76. The SMILES string of the molecule is Cc1cc(-c2ccc(COc3ccc4c(c3)[C@@]3(CCC4)CC[C@H]3C(=O)O)cc2[C@@H]2CCCC2(C)C)c(F)cn1. The molecule has 1 N–H and O–H groups in total. The number of ether oxygens (including phenoxy) is 1. The zero-order valence-electron chi connectivity index (χ0n) is 23.2. The number of aryl methyl sites for hydroxylation is 2. The Bertz CT molecular complexity index is 1430. The number of aliphatic carboxylic acids is 1. The minimum Gasteiger partial charge on any atom is -0.489 e. The minimum absolute atomic E-state index is 0.142. The number of aromatic nitrogens is 1. The van der Waals surface area contributed by atoms with Gasteiger partial charge in [-0.1, -0.05) is 44.5 Å². The molecule has 6 rings (SSSR count).